The van der Waals surface area contributed by atoms with Gasteiger partial charge in [0.1, 0.15) is 23.6 Å². The van der Waals surface area contributed by atoms with E-state index in [0.29, 0.717) is 0 Å². The molecule has 2 saturated heterocycles. The molecule has 0 aromatic carbocycles. The van der Waals surface area contributed by atoms with E-state index in [9.17, 15) is 19.8 Å². The Hall–Kier alpha value is -1.18. The maximum absolute atomic E-state index is 13.7. The van der Waals surface area contributed by atoms with E-state index in [4.69, 9.17) is 28.4 Å². The molecule has 2 fully saturated rings. The molecule has 2 rings (SSSR count). The van der Waals surface area contributed by atoms with Gasteiger partial charge < -0.3 is 43.5 Å². The highest BCUT2D eigenvalue weighted by Gasteiger charge is 2.52. The molecule has 2 N–H and O–H groups in total. The average molecular weight is 618 g/mol. The molecule has 0 saturated carbocycles. The van der Waals surface area contributed by atoms with E-state index >= 15 is 0 Å². The van der Waals surface area contributed by atoms with Crippen LogP contribution >= 0.6 is 0 Å². The first-order valence-corrected chi connectivity index (χ1v) is 15.6. The van der Waals surface area contributed by atoms with E-state index in [0.717, 1.165) is 6.42 Å². The molecule has 0 aromatic rings. The first-order chi connectivity index (χ1) is 19.9. The van der Waals surface area contributed by atoms with Gasteiger partial charge in [0.05, 0.1) is 35.9 Å². The first kappa shape index (κ1) is 38.0. The van der Waals surface area contributed by atoms with Gasteiger partial charge in [-0.2, -0.15) is 0 Å². The molecule has 0 radical (unpaired) electrons. The lowest BCUT2D eigenvalue weighted by Gasteiger charge is -2.49. The van der Waals surface area contributed by atoms with Gasteiger partial charge in [0.25, 0.3) is 0 Å². The van der Waals surface area contributed by atoms with Gasteiger partial charge >= 0.3 is 5.97 Å². The number of carbonyl (C=O) groups is 2. The lowest BCUT2D eigenvalue weighted by Crippen LogP contribution is -2.60. The predicted molar refractivity (Wildman–Crippen MR) is 161 cm³/mol. The Labute approximate surface area is 258 Å². The number of hydrogen-bond donors (Lipinski definition) is 2. The third kappa shape index (κ3) is 8.16. The van der Waals surface area contributed by atoms with Crippen LogP contribution in [0.15, 0.2) is 0 Å². The largest absolute Gasteiger partial charge is 0.459 e. The molecule has 2 aliphatic heterocycles. The summed E-state index contributed by atoms with van der Waals surface area (Å²) in [5, 5.41) is 22.6. The van der Waals surface area contributed by atoms with Crippen LogP contribution in [0.4, 0.5) is 0 Å². The molecule has 2 aliphatic rings. The number of likely N-dealkylation sites (N-methyl/N-ethyl adjacent to an activating group) is 1. The predicted octanol–water partition coefficient (Wildman–Crippen LogP) is 2.82. The van der Waals surface area contributed by atoms with E-state index in [1.807, 2.05) is 34.9 Å². The van der Waals surface area contributed by atoms with Crippen molar-refractivity contribution in [3.8, 4) is 0 Å². The quantitative estimate of drug-likeness (QED) is 0.409. The Balaban J connectivity index is 2.68. The fraction of sp³-hybridized carbons (Fsp3) is 0.938. The van der Waals surface area contributed by atoms with Crippen LogP contribution in [0.3, 0.4) is 0 Å². The number of rotatable bonds is 7. The van der Waals surface area contributed by atoms with Crippen LogP contribution in [-0.2, 0) is 38.0 Å². The fourth-order valence-electron chi connectivity index (χ4n) is 7.24. The van der Waals surface area contributed by atoms with Crippen molar-refractivity contribution in [2.45, 2.75) is 135 Å². The fourth-order valence-corrected chi connectivity index (χ4v) is 7.24. The van der Waals surface area contributed by atoms with Crippen LogP contribution in [0.25, 0.3) is 0 Å². The smallest absolute Gasteiger partial charge is 0.311 e. The van der Waals surface area contributed by atoms with Gasteiger partial charge in [-0.1, -0.05) is 27.7 Å². The molecule has 11 nitrogen and oxygen atoms in total. The number of esters is 1. The number of nitrogens with zero attached hydrogens (tertiary/aromatic N) is 1. The van der Waals surface area contributed by atoms with Gasteiger partial charge in [-0.15, -0.1) is 0 Å². The van der Waals surface area contributed by atoms with E-state index in [2.05, 4.69) is 4.90 Å². The van der Waals surface area contributed by atoms with Crippen molar-refractivity contribution in [2.24, 2.45) is 23.7 Å². The van der Waals surface area contributed by atoms with Gasteiger partial charge in [0, 0.05) is 45.1 Å². The molecule has 2 heterocycles. The van der Waals surface area contributed by atoms with Gasteiger partial charge in [0.2, 0.25) is 0 Å². The number of aliphatic hydroxyl groups excluding tert-OH is 1. The zero-order valence-corrected chi connectivity index (χ0v) is 28.7. The molecule has 4 unspecified atom stereocenters. The SMILES string of the molecule is CC[C@H]1OC(=O)[C@H](C)[C@@H](OC)[C@H](C)[C@@H](OC2OC(C)CC(N(C)C)C2OC)[C@](C)(OC)C[C@@H](C)C(=O)[C@H](C)[C@@H](O)[C@]1(C)O. The van der Waals surface area contributed by atoms with Crippen LogP contribution in [0.1, 0.15) is 74.7 Å². The molecule has 0 bridgehead atoms. The van der Waals surface area contributed by atoms with Gasteiger partial charge in [-0.25, -0.2) is 0 Å². The van der Waals surface area contributed by atoms with Gasteiger partial charge in [-0.05, 0) is 61.1 Å². The minimum Gasteiger partial charge on any atom is -0.459 e. The summed E-state index contributed by atoms with van der Waals surface area (Å²) in [6.07, 6.45) is -4.01. The summed E-state index contributed by atoms with van der Waals surface area (Å²) < 4.78 is 37.1. The maximum atomic E-state index is 13.7. The highest BCUT2D eigenvalue weighted by Crippen LogP contribution is 2.40. The molecule has 0 spiro atoms. The lowest BCUT2D eigenvalue weighted by atomic mass is 9.74. The Kier molecular flexibility index (Phi) is 13.6. The molecule has 11 heteroatoms. The summed E-state index contributed by atoms with van der Waals surface area (Å²) in [7, 11) is 8.71. The van der Waals surface area contributed by atoms with Crippen LogP contribution in [0, 0.1) is 23.7 Å². The summed E-state index contributed by atoms with van der Waals surface area (Å²) in [6.45, 7) is 14.0. The Morgan fingerprint density at radius 2 is 1.56 bits per heavy atom. The Morgan fingerprint density at radius 3 is 2.05 bits per heavy atom. The van der Waals surface area contributed by atoms with Crippen molar-refractivity contribution in [1.29, 1.82) is 0 Å². The third-order valence-electron chi connectivity index (χ3n) is 10.0. The Bertz CT molecular complexity index is 915. The van der Waals surface area contributed by atoms with Crippen LogP contribution in [-0.4, -0.2) is 122 Å². The number of hydrogen-bond acceptors (Lipinski definition) is 11. The molecule has 0 aromatic heterocycles. The third-order valence-corrected chi connectivity index (χ3v) is 10.0. The monoisotopic (exact) mass is 617 g/mol. The second-order valence-corrected chi connectivity index (χ2v) is 13.5. The summed E-state index contributed by atoms with van der Waals surface area (Å²) >= 11 is 0. The Morgan fingerprint density at radius 1 is 0.977 bits per heavy atom. The van der Waals surface area contributed by atoms with Crippen molar-refractivity contribution < 1.29 is 48.2 Å². The van der Waals surface area contributed by atoms with E-state index in [1.165, 1.54) is 14.0 Å². The molecular weight excluding hydrogens is 558 g/mol. The standard InChI is InChI=1S/C32H59NO10/c1-14-23-32(8,37)27(35)19(4)24(34)17(2)16-31(7,40-13)28(20(5)25(38-11)21(6)29(36)42-23)43-30-26(39-12)22(33(9)10)15-18(3)41-30/h17-23,25-28,30,35,37H,14-16H2,1-13H3/t17-,18?,19+,20+,21-,22?,23-,25+,26?,27-,28-,30?,31-,32-/m1/s1. The maximum Gasteiger partial charge on any atom is 0.311 e. The van der Waals surface area contributed by atoms with Crippen molar-refractivity contribution >= 4 is 11.8 Å². The molecule has 252 valence electrons. The second-order valence-electron chi connectivity index (χ2n) is 13.5. The van der Waals surface area contributed by atoms with Crippen molar-refractivity contribution in [1.82, 2.24) is 4.90 Å². The summed E-state index contributed by atoms with van der Waals surface area (Å²) in [5.41, 5.74) is -2.92. The number of cyclic esters (lactones) is 1. The zero-order valence-electron chi connectivity index (χ0n) is 28.7. The molecule has 0 aliphatic carbocycles. The number of ketones is 1. The summed E-state index contributed by atoms with van der Waals surface area (Å²) in [5.74, 6) is -3.58. The zero-order chi connectivity index (χ0) is 33.0. The molecular formula is C32H59NO10. The summed E-state index contributed by atoms with van der Waals surface area (Å²) in [4.78, 5) is 29.4. The average Bonchev–Trinajstić information content (AvgIpc) is 2.96. The normalized spacial score (nSPS) is 46.0. The number of aliphatic hydroxyl groups is 2. The molecule has 14 atom stereocenters. The van der Waals surface area contributed by atoms with E-state index in [-0.39, 0.29) is 30.8 Å². The number of Topliss-reactive ketones (excluding diaryl/α,β-unsaturated/α-hetero) is 1. The van der Waals surface area contributed by atoms with Gasteiger partial charge in [0.15, 0.2) is 6.29 Å². The van der Waals surface area contributed by atoms with Crippen molar-refractivity contribution in [3.63, 3.8) is 0 Å². The van der Waals surface area contributed by atoms with Crippen LogP contribution in [0.2, 0.25) is 0 Å². The second kappa shape index (κ2) is 15.4. The van der Waals surface area contributed by atoms with Gasteiger partial charge in [-0.3, -0.25) is 9.59 Å². The highest BCUT2D eigenvalue weighted by molar-refractivity contribution is 5.83. The minimum absolute atomic E-state index is 0.0232. The topological polar surface area (TPSA) is 133 Å². The first-order valence-electron chi connectivity index (χ1n) is 15.6. The van der Waals surface area contributed by atoms with Crippen molar-refractivity contribution in [2.75, 3.05) is 35.4 Å². The lowest BCUT2D eigenvalue weighted by molar-refractivity contribution is -0.305. The minimum atomic E-state index is -1.86. The number of ether oxygens (including phenoxy) is 6. The summed E-state index contributed by atoms with van der Waals surface area (Å²) in [6, 6.07) is 0.0232. The van der Waals surface area contributed by atoms with Crippen LogP contribution < -0.4 is 0 Å². The van der Waals surface area contributed by atoms with Crippen LogP contribution in [0.5, 0.6) is 0 Å². The van der Waals surface area contributed by atoms with E-state index < -0.39 is 77.7 Å². The molecule has 0 amide bonds. The van der Waals surface area contributed by atoms with E-state index in [1.54, 1.807) is 41.9 Å². The highest BCUT2D eigenvalue weighted by atomic mass is 16.7. The van der Waals surface area contributed by atoms with Crippen molar-refractivity contribution in [3.05, 3.63) is 0 Å². The number of carbonyl (C=O) groups excluding carboxylic acids is 2. The molecule has 43 heavy (non-hydrogen) atoms. The number of methoxy groups -OCH3 is 3.